The molecule has 1 heterocycles. The molecule has 0 saturated heterocycles. The third kappa shape index (κ3) is 2.70. The van der Waals surface area contributed by atoms with E-state index >= 15 is 0 Å². The Hall–Kier alpha value is -2.69. The van der Waals surface area contributed by atoms with Gasteiger partial charge in [0.2, 0.25) is 11.8 Å². The van der Waals surface area contributed by atoms with Crippen LogP contribution in [0.4, 0.5) is 15.8 Å². The number of likely N-dealkylation sites (N-methyl/N-ethyl adjacent to an activating group) is 1. The van der Waals surface area contributed by atoms with E-state index in [1.54, 1.807) is 19.2 Å². The molecule has 0 unspecified atom stereocenters. The van der Waals surface area contributed by atoms with Crippen molar-refractivity contribution in [2.24, 2.45) is 0 Å². The van der Waals surface area contributed by atoms with Crippen LogP contribution >= 0.6 is 0 Å². The van der Waals surface area contributed by atoms with Gasteiger partial charge in [-0.15, -0.1) is 0 Å². The van der Waals surface area contributed by atoms with E-state index in [9.17, 15) is 14.0 Å². The fourth-order valence-corrected chi connectivity index (χ4v) is 2.99. The van der Waals surface area contributed by atoms with Gasteiger partial charge in [0.25, 0.3) is 0 Å². The number of amides is 2. The average molecular weight is 312 g/mol. The molecule has 1 aliphatic heterocycles. The number of hydrogen-bond acceptors (Lipinski definition) is 2. The second kappa shape index (κ2) is 5.83. The standard InChI is InChI=1S/C18H17FN2O2/c1-12(22)21-16-6-4-3-5-13(16)11-17(21)18(23)20(2)15-9-7-14(19)8-10-15/h3-10,17H,11H2,1-2H3/t17-/m0/s1. The van der Waals surface area contributed by atoms with Crippen molar-refractivity contribution in [1.82, 2.24) is 0 Å². The summed E-state index contributed by atoms with van der Waals surface area (Å²) in [6.07, 6.45) is 0.486. The number of anilines is 2. The van der Waals surface area contributed by atoms with E-state index < -0.39 is 6.04 Å². The Labute approximate surface area is 134 Å². The number of rotatable bonds is 2. The lowest BCUT2D eigenvalue weighted by Crippen LogP contribution is -2.48. The van der Waals surface area contributed by atoms with Crippen LogP contribution in [0.2, 0.25) is 0 Å². The highest BCUT2D eigenvalue weighted by molar-refractivity contribution is 6.07. The molecule has 0 saturated carbocycles. The highest BCUT2D eigenvalue weighted by Crippen LogP contribution is 2.33. The molecule has 4 nitrogen and oxygen atoms in total. The number of carbonyl (C=O) groups is 2. The smallest absolute Gasteiger partial charge is 0.250 e. The molecule has 2 aromatic rings. The van der Waals surface area contributed by atoms with Gasteiger partial charge in [-0.1, -0.05) is 18.2 Å². The molecule has 3 rings (SSSR count). The van der Waals surface area contributed by atoms with Crippen molar-refractivity contribution < 1.29 is 14.0 Å². The minimum Gasteiger partial charge on any atom is -0.314 e. The SMILES string of the molecule is CC(=O)N1c2ccccc2C[C@H]1C(=O)N(C)c1ccc(F)cc1. The lowest BCUT2D eigenvalue weighted by atomic mass is 10.1. The van der Waals surface area contributed by atoms with Crippen LogP contribution in [0.3, 0.4) is 0 Å². The fraction of sp³-hybridized carbons (Fsp3) is 0.222. The number of fused-ring (bicyclic) bond motifs is 1. The summed E-state index contributed by atoms with van der Waals surface area (Å²) in [5, 5.41) is 0. The molecule has 2 amide bonds. The second-order valence-corrected chi connectivity index (χ2v) is 5.61. The first-order chi connectivity index (χ1) is 11.0. The molecule has 0 spiro atoms. The van der Waals surface area contributed by atoms with Crippen molar-refractivity contribution in [2.75, 3.05) is 16.8 Å². The van der Waals surface area contributed by atoms with Gasteiger partial charge >= 0.3 is 0 Å². The Morgan fingerprint density at radius 2 is 1.78 bits per heavy atom. The maximum Gasteiger partial charge on any atom is 0.250 e. The van der Waals surface area contributed by atoms with Crippen LogP contribution in [0.25, 0.3) is 0 Å². The molecule has 1 atom stereocenters. The van der Waals surface area contributed by atoms with E-state index in [1.165, 1.54) is 28.9 Å². The topological polar surface area (TPSA) is 40.6 Å². The van der Waals surface area contributed by atoms with E-state index in [0.29, 0.717) is 12.1 Å². The Morgan fingerprint density at radius 1 is 1.13 bits per heavy atom. The van der Waals surface area contributed by atoms with Crippen LogP contribution in [0.1, 0.15) is 12.5 Å². The summed E-state index contributed by atoms with van der Waals surface area (Å²) in [5.74, 6) is -0.711. The van der Waals surface area contributed by atoms with Gasteiger partial charge in [-0.3, -0.25) is 14.5 Å². The van der Waals surface area contributed by atoms with Gasteiger partial charge in [0.05, 0.1) is 0 Å². The van der Waals surface area contributed by atoms with Crippen LogP contribution in [0, 0.1) is 5.82 Å². The van der Waals surface area contributed by atoms with Crippen LogP contribution in [-0.2, 0) is 16.0 Å². The molecule has 23 heavy (non-hydrogen) atoms. The maximum absolute atomic E-state index is 13.0. The van der Waals surface area contributed by atoms with Crippen LogP contribution in [0.5, 0.6) is 0 Å². The average Bonchev–Trinajstić information content (AvgIpc) is 2.93. The van der Waals surface area contributed by atoms with Gasteiger partial charge in [-0.05, 0) is 35.9 Å². The summed E-state index contributed by atoms with van der Waals surface area (Å²) in [5.41, 5.74) is 2.36. The predicted molar refractivity (Wildman–Crippen MR) is 86.9 cm³/mol. The zero-order chi connectivity index (χ0) is 16.6. The van der Waals surface area contributed by atoms with Crippen molar-refractivity contribution in [1.29, 1.82) is 0 Å². The lowest BCUT2D eigenvalue weighted by Gasteiger charge is -2.27. The number of halogens is 1. The highest BCUT2D eigenvalue weighted by atomic mass is 19.1. The molecule has 0 fully saturated rings. The molecular weight excluding hydrogens is 295 g/mol. The van der Waals surface area contributed by atoms with Crippen molar-refractivity contribution in [3.63, 3.8) is 0 Å². The third-order valence-corrected chi connectivity index (χ3v) is 4.14. The van der Waals surface area contributed by atoms with Gasteiger partial charge in [-0.2, -0.15) is 0 Å². The molecule has 118 valence electrons. The van der Waals surface area contributed by atoms with E-state index in [4.69, 9.17) is 0 Å². The highest BCUT2D eigenvalue weighted by Gasteiger charge is 2.38. The predicted octanol–water partition coefficient (Wildman–Crippen LogP) is 2.77. The first-order valence-corrected chi connectivity index (χ1v) is 7.40. The quantitative estimate of drug-likeness (QED) is 0.855. The molecule has 5 heteroatoms. The Bertz CT molecular complexity index is 758. The monoisotopic (exact) mass is 312 g/mol. The Balaban J connectivity index is 1.90. The van der Waals surface area contributed by atoms with Crippen molar-refractivity contribution in [2.45, 2.75) is 19.4 Å². The molecule has 0 aromatic heterocycles. The van der Waals surface area contributed by atoms with Crippen molar-refractivity contribution in [3.8, 4) is 0 Å². The zero-order valence-corrected chi connectivity index (χ0v) is 13.0. The minimum atomic E-state index is -0.569. The summed E-state index contributed by atoms with van der Waals surface area (Å²) in [6, 6.07) is 12.7. The van der Waals surface area contributed by atoms with Crippen LogP contribution in [-0.4, -0.2) is 24.9 Å². The normalized spacial score (nSPS) is 16.1. The van der Waals surface area contributed by atoms with Gasteiger partial charge in [-0.25, -0.2) is 4.39 Å². The number of carbonyl (C=O) groups excluding carboxylic acids is 2. The summed E-state index contributed by atoms with van der Waals surface area (Å²) < 4.78 is 13.0. The maximum atomic E-state index is 13.0. The summed E-state index contributed by atoms with van der Waals surface area (Å²) in [4.78, 5) is 27.9. The van der Waals surface area contributed by atoms with E-state index in [0.717, 1.165) is 11.3 Å². The van der Waals surface area contributed by atoms with Crippen LogP contribution < -0.4 is 9.80 Å². The summed E-state index contributed by atoms with van der Waals surface area (Å²) >= 11 is 0. The van der Waals surface area contributed by atoms with E-state index in [2.05, 4.69) is 0 Å². The van der Waals surface area contributed by atoms with Gasteiger partial charge in [0.1, 0.15) is 11.9 Å². The second-order valence-electron chi connectivity index (χ2n) is 5.61. The first-order valence-electron chi connectivity index (χ1n) is 7.40. The first kappa shape index (κ1) is 15.2. The third-order valence-electron chi connectivity index (χ3n) is 4.14. The van der Waals surface area contributed by atoms with Crippen molar-refractivity contribution in [3.05, 3.63) is 59.9 Å². The molecule has 0 aliphatic carbocycles. The largest absolute Gasteiger partial charge is 0.314 e. The summed E-state index contributed by atoms with van der Waals surface area (Å²) in [7, 11) is 1.64. The molecule has 1 aliphatic rings. The Kier molecular flexibility index (Phi) is 3.86. The number of nitrogens with zero attached hydrogens (tertiary/aromatic N) is 2. The van der Waals surface area contributed by atoms with E-state index in [1.807, 2.05) is 24.3 Å². The van der Waals surface area contributed by atoms with Gasteiger partial charge in [0.15, 0.2) is 0 Å². The minimum absolute atomic E-state index is 0.166. The van der Waals surface area contributed by atoms with E-state index in [-0.39, 0.29) is 17.6 Å². The molecular formula is C18H17FN2O2. The fourth-order valence-electron chi connectivity index (χ4n) is 2.99. The lowest BCUT2D eigenvalue weighted by molar-refractivity contribution is -0.123. The number of benzene rings is 2. The van der Waals surface area contributed by atoms with Gasteiger partial charge < -0.3 is 4.90 Å². The van der Waals surface area contributed by atoms with Gasteiger partial charge in [0, 0.05) is 31.8 Å². The number of hydrogen-bond donors (Lipinski definition) is 0. The summed E-state index contributed by atoms with van der Waals surface area (Å²) in [6.45, 7) is 1.46. The molecule has 2 aromatic carbocycles. The van der Waals surface area contributed by atoms with Crippen LogP contribution in [0.15, 0.2) is 48.5 Å². The molecule has 0 bridgehead atoms. The van der Waals surface area contributed by atoms with Crippen molar-refractivity contribution >= 4 is 23.2 Å². The molecule has 0 radical (unpaired) electrons. The molecule has 0 N–H and O–H groups in total. The zero-order valence-electron chi connectivity index (χ0n) is 13.0. The number of para-hydroxylation sites is 1. The Morgan fingerprint density at radius 3 is 2.43 bits per heavy atom.